The van der Waals surface area contributed by atoms with Gasteiger partial charge in [-0.05, 0) is 42.7 Å². The van der Waals surface area contributed by atoms with E-state index in [0.29, 0.717) is 0 Å². The molecule has 0 spiro atoms. The summed E-state index contributed by atoms with van der Waals surface area (Å²) in [5.41, 5.74) is 1.93. The highest BCUT2D eigenvalue weighted by Gasteiger charge is 2.11. The molecule has 0 saturated carbocycles. The van der Waals surface area contributed by atoms with Crippen molar-refractivity contribution in [3.63, 3.8) is 0 Å². The molecular weight excluding hydrogens is 326 g/mol. The van der Waals surface area contributed by atoms with Gasteiger partial charge in [0.2, 0.25) is 0 Å². The summed E-state index contributed by atoms with van der Waals surface area (Å²) in [7, 11) is 0. The quantitative estimate of drug-likeness (QED) is 0.380. The Morgan fingerprint density at radius 1 is 1.04 bits per heavy atom. The summed E-state index contributed by atoms with van der Waals surface area (Å²) < 4.78 is 0. The molecule has 0 saturated heterocycles. The number of carbonyl (C=O) groups excluding carboxylic acids is 1. The van der Waals surface area contributed by atoms with E-state index in [2.05, 4.69) is 22.9 Å². The summed E-state index contributed by atoms with van der Waals surface area (Å²) in [5.74, 6) is 0.276. The van der Waals surface area contributed by atoms with Gasteiger partial charge in [0.15, 0.2) is 0 Å². The number of unbranched alkanes of at least 4 members (excludes halogenated alkanes) is 2. The van der Waals surface area contributed by atoms with E-state index in [4.69, 9.17) is 0 Å². The molecule has 2 aromatic carbocycles. The predicted molar refractivity (Wildman–Crippen MR) is 106 cm³/mol. The third-order valence-corrected chi connectivity index (χ3v) is 4.17. The minimum Gasteiger partial charge on any atom is -0.508 e. The van der Waals surface area contributed by atoms with Crippen LogP contribution in [0.15, 0.2) is 54.6 Å². The Morgan fingerprint density at radius 3 is 2.46 bits per heavy atom. The lowest BCUT2D eigenvalue weighted by molar-refractivity contribution is 0.244. The van der Waals surface area contributed by atoms with Gasteiger partial charge in [0.1, 0.15) is 5.75 Å². The third-order valence-electron chi connectivity index (χ3n) is 4.17. The van der Waals surface area contributed by atoms with E-state index >= 15 is 0 Å². The van der Waals surface area contributed by atoms with Gasteiger partial charge in [-0.3, -0.25) is 5.32 Å². The first-order valence-electron chi connectivity index (χ1n) is 9.31. The van der Waals surface area contributed by atoms with Crippen LogP contribution in [0.2, 0.25) is 0 Å². The first-order valence-corrected chi connectivity index (χ1v) is 9.31. The second kappa shape index (κ2) is 11.2. The molecular formula is C21H29N3O2. The summed E-state index contributed by atoms with van der Waals surface area (Å²) in [6.07, 6.45) is 5.04. The second-order valence-corrected chi connectivity index (χ2v) is 6.38. The van der Waals surface area contributed by atoms with Crippen molar-refractivity contribution in [2.45, 2.75) is 45.2 Å². The largest absolute Gasteiger partial charge is 0.508 e. The Hall–Kier alpha value is -2.53. The van der Waals surface area contributed by atoms with E-state index in [1.54, 1.807) is 12.1 Å². The highest BCUT2D eigenvalue weighted by molar-refractivity contribution is 5.89. The van der Waals surface area contributed by atoms with Crippen LogP contribution in [0.3, 0.4) is 0 Å². The van der Waals surface area contributed by atoms with Crippen LogP contribution in [0.4, 0.5) is 10.5 Å². The molecule has 5 heteroatoms. The second-order valence-electron chi connectivity index (χ2n) is 6.38. The number of carbonyl (C=O) groups is 1. The zero-order valence-corrected chi connectivity index (χ0v) is 15.4. The highest BCUT2D eigenvalue weighted by atomic mass is 16.3. The lowest BCUT2D eigenvalue weighted by atomic mass is 10.1. The van der Waals surface area contributed by atoms with Crippen molar-refractivity contribution >= 4 is 11.7 Å². The smallest absolute Gasteiger partial charge is 0.320 e. The minimum absolute atomic E-state index is 0.0672. The van der Waals surface area contributed by atoms with E-state index in [1.807, 2.05) is 42.5 Å². The van der Waals surface area contributed by atoms with Gasteiger partial charge >= 0.3 is 6.03 Å². The summed E-state index contributed by atoms with van der Waals surface area (Å²) in [4.78, 5) is 12.2. The Kier molecular flexibility index (Phi) is 8.49. The number of amides is 2. The van der Waals surface area contributed by atoms with Gasteiger partial charge in [0.05, 0.1) is 6.17 Å². The van der Waals surface area contributed by atoms with Crippen LogP contribution < -0.4 is 16.0 Å². The van der Waals surface area contributed by atoms with Gasteiger partial charge in [0, 0.05) is 12.2 Å². The van der Waals surface area contributed by atoms with Gasteiger partial charge in [-0.25, -0.2) is 4.79 Å². The maximum atomic E-state index is 12.2. The standard InChI is InChI=1S/C21H29N3O2/c1-2-3-5-10-20(22-16-15-17-11-13-19(25)14-12-17)24-21(26)23-18-8-6-4-7-9-18/h4,6-9,11-14,20,22,25H,2-3,5,10,15-16H2,1H3,(H2,23,24,26). The number of hydrogen-bond acceptors (Lipinski definition) is 3. The zero-order chi connectivity index (χ0) is 18.6. The summed E-state index contributed by atoms with van der Waals surface area (Å²) in [5, 5.41) is 18.6. The van der Waals surface area contributed by atoms with Gasteiger partial charge in [-0.2, -0.15) is 0 Å². The van der Waals surface area contributed by atoms with Gasteiger partial charge in [0.25, 0.3) is 0 Å². The third kappa shape index (κ3) is 7.57. The van der Waals surface area contributed by atoms with Crippen molar-refractivity contribution in [1.82, 2.24) is 10.6 Å². The first-order chi connectivity index (χ1) is 12.7. The van der Waals surface area contributed by atoms with Crippen molar-refractivity contribution in [3.8, 4) is 5.75 Å². The number of aromatic hydroxyl groups is 1. The number of benzene rings is 2. The zero-order valence-electron chi connectivity index (χ0n) is 15.4. The molecule has 140 valence electrons. The monoisotopic (exact) mass is 355 g/mol. The highest BCUT2D eigenvalue weighted by Crippen LogP contribution is 2.10. The topological polar surface area (TPSA) is 73.4 Å². The molecule has 0 aliphatic carbocycles. The SMILES string of the molecule is CCCCCC(NCCc1ccc(O)cc1)NC(=O)Nc1ccccc1. The molecule has 0 heterocycles. The Balaban J connectivity index is 1.81. The summed E-state index contributed by atoms with van der Waals surface area (Å²) in [6.45, 7) is 2.93. The number of phenolic OH excluding ortho intramolecular Hbond substituents is 1. The molecule has 26 heavy (non-hydrogen) atoms. The molecule has 0 aliphatic rings. The number of urea groups is 1. The van der Waals surface area contributed by atoms with Crippen molar-refractivity contribution in [2.24, 2.45) is 0 Å². The van der Waals surface area contributed by atoms with Crippen molar-refractivity contribution in [2.75, 3.05) is 11.9 Å². The number of anilines is 1. The van der Waals surface area contributed by atoms with E-state index in [9.17, 15) is 9.90 Å². The molecule has 2 aromatic rings. The fourth-order valence-electron chi connectivity index (χ4n) is 2.72. The molecule has 0 fully saturated rings. The number of para-hydroxylation sites is 1. The molecule has 5 nitrogen and oxygen atoms in total. The fourth-order valence-corrected chi connectivity index (χ4v) is 2.72. The number of phenols is 1. The molecule has 0 bridgehead atoms. The number of hydrogen-bond donors (Lipinski definition) is 4. The Morgan fingerprint density at radius 2 is 1.77 bits per heavy atom. The fraction of sp³-hybridized carbons (Fsp3) is 0.381. The number of rotatable bonds is 10. The molecule has 1 unspecified atom stereocenters. The van der Waals surface area contributed by atoms with E-state index in [-0.39, 0.29) is 17.9 Å². The normalized spacial score (nSPS) is 11.7. The molecule has 2 rings (SSSR count). The maximum Gasteiger partial charge on any atom is 0.320 e. The summed E-state index contributed by atoms with van der Waals surface area (Å²) >= 11 is 0. The molecule has 4 N–H and O–H groups in total. The lowest BCUT2D eigenvalue weighted by Gasteiger charge is -2.21. The Bertz CT molecular complexity index is 644. The average molecular weight is 355 g/mol. The van der Waals surface area contributed by atoms with Crippen LogP contribution in [-0.2, 0) is 6.42 Å². The van der Waals surface area contributed by atoms with Crippen LogP contribution in [0.5, 0.6) is 5.75 Å². The maximum absolute atomic E-state index is 12.2. The van der Waals surface area contributed by atoms with Crippen LogP contribution in [-0.4, -0.2) is 23.8 Å². The Labute approximate surface area is 155 Å². The van der Waals surface area contributed by atoms with E-state index in [0.717, 1.165) is 49.9 Å². The predicted octanol–water partition coefficient (Wildman–Crippen LogP) is 4.25. The molecule has 2 amide bonds. The van der Waals surface area contributed by atoms with Crippen molar-refractivity contribution in [3.05, 3.63) is 60.2 Å². The van der Waals surface area contributed by atoms with Crippen LogP contribution in [0, 0.1) is 0 Å². The minimum atomic E-state index is -0.199. The molecule has 0 aliphatic heterocycles. The van der Waals surface area contributed by atoms with E-state index < -0.39 is 0 Å². The van der Waals surface area contributed by atoms with Crippen LogP contribution in [0.25, 0.3) is 0 Å². The molecule has 0 radical (unpaired) electrons. The van der Waals surface area contributed by atoms with Crippen molar-refractivity contribution in [1.29, 1.82) is 0 Å². The molecule has 0 aromatic heterocycles. The van der Waals surface area contributed by atoms with Crippen molar-refractivity contribution < 1.29 is 9.90 Å². The lowest BCUT2D eigenvalue weighted by Crippen LogP contribution is -2.47. The summed E-state index contributed by atoms with van der Waals surface area (Å²) in [6, 6.07) is 16.5. The van der Waals surface area contributed by atoms with Gasteiger partial charge < -0.3 is 15.7 Å². The van der Waals surface area contributed by atoms with Gasteiger partial charge in [-0.1, -0.05) is 56.5 Å². The van der Waals surface area contributed by atoms with Gasteiger partial charge in [-0.15, -0.1) is 0 Å². The first kappa shape index (κ1) is 19.8. The van der Waals surface area contributed by atoms with Crippen LogP contribution >= 0.6 is 0 Å². The average Bonchev–Trinajstić information content (AvgIpc) is 2.64. The number of nitrogens with one attached hydrogen (secondary N) is 3. The van der Waals surface area contributed by atoms with E-state index in [1.165, 1.54) is 0 Å². The molecule has 1 atom stereocenters. The van der Waals surface area contributed by atoms with Crippen LogP contribution in [0.1, 0.15) is 38.2 Å².